The van der Waals surface area contributed by atoms with Crippen molar-refractivity contribution in [3.8, 4) is 0 Å². The predicted molar refractivity (Wildman–Crippen MR) is 251 cm³/mol. The summed E-state index contributed by atoms with van der Waals surface area (Å²) in [6.45, 7) is 4.53. The minimum absolute atomic E-state index is 0.0548. The molecule has 12 heteroatoms. The molecule has 0 spiro atoms. The third-order valence-electron chi connectivity index (χ3n) is 10.5. The zero-order valence-electron chi connectivity index (χ0n) is 38.9. The van der Waals surface area contributed by atoms with Gasteiger partial charge in [-0.1, -0.05) is 184 Å². The van der Waals surface area contributed by atoms with Crippen LogP contribution in [-0.4, -0.2) is 77.9 Å². The number of unbranched alkanes of at least 4 members (excludes halogenated alkanes) is 15. The Kier molecular flexibility index (Phi) is 37.3. The molecule has 1 fully saturated rings. The Balaban J connectivity index is 2.24. The van der Waals surface area contributed by atoms with E-state index < -0.39 is 51.8 Å². The molecular formula is C50H87O11P. The summed E-state index contributed by atoms with van der Waals surface area (Å²) >= 11 is 0. The van der Waals surface area contributed by atoms with Gasteiger partial charge in [-0.3, -0.25) is 18.6 Å². The standard InChI is InChI=1S/C50H87O11P/c1-4-5-30-36-47-48(61-47)37-32-27-23-19-15-12-13-17-21-25-29-34-39-50(54)60-46(43-59-62(55,56)58-41-45(52)40-51)42-57-49(53)38-33-28-24-20-16-11-9-7-6-8-10-14-18-22-26-31-35-44(2)3/h5,13,15,17,19,25,27,29-30,32,44-48,51-52H,4,6-12,14,16,18,20-24,26,28,31,33-43H2,1-3H3,(H,55,56)/b17-13-,19-15-,29-25-,30-5-,32-27-/t45-,46+,47?,48?/m0/s1. The fourth-order valence-corrected chi connectivity index (χ4v) is 7.51. The highest BCUT2D eigenvalue weighted by atomic mass is 31.2. The first-order valence-corrected chi connectivity index (χ1v) is 25.7. The first-order valence-electron chi connectivity index (χ1n) is 24.2. The van der Waals surface area contributed by atoms with E-state index in [-0.39, 0.29) is 19.4 Å². The van der Waals surface area contributed by atoms with Crippen LogP contribution in [0.25, 0.3) is 0 Å². The second kappa shape index (κ2) is 40.2. The Morgan fingerprint density at radius 3 is 1.60 bits per heavy atom. The minimum atomic E-state index is -4.65. The van der Waals surface area contributed by atoms with Crippen LogP contribution in [0.2, 0.25) is 0 Å². The molecule has 3 unspecified atom stereocenters. The lowest BCUT2D eigenvalue weighted by molar-refractivity contribution is -0.161. The van der Waals surface area contributed by atoms with Crippen molar-refractivity contribution in [2.75, 3.05) is 26.4 Å². The maximum absolute atomic E-state index is 12.6. The predicted octanol–water partition coefficient (Wildman–Crippen LogP) is 12.3. The monoisotopic (exact) mass is 895 g/mol. The van der Waals surface area contributed by atoms with Gasteiger partial charge in [-0.15, -0.1) is 0 Å². The van der Waals surface area contributed by atoms with Crippen molar-refractivity contribution in [1.82, 2.24) is 0 Å². The van der Waals surface area contributed by atoms with Gasteiger partial charge >= 0.3 is 19.8 Å². The summed E-state index contributed by atoms with van der Waals surface area (Å²) in [5, 5.41) is 18.4. The summed E-state index contributed by atoms with van der Waals surface area (Å²) in [5.41, 5.74) is 0. The van der Waals surface area contributed by atoms with E-state index in [9.17, 15) is 24.2 Å². The summed E-state index contributed by atoms with van der Waals surface area (Å²) < 4.78 is 38.4. The van der Waals surface area contributed by atoms with Crippen molar-refractivity contribution in [1.29, 1.82) is 0 Å². The van der Waals surface area contributed by atoms with Crippen LogP contribution in [0, 0.1) is 5.92 Å². The number of aliphatic hydroxyl groups is 2. The highest BCUT2D eigenvalue weighted by Gasteiger charge is 2.36. The molecule has 1 aliphatic heterocycles. The lowest BCUT2D eigenvalue weighted by Gasteiger charge is -2.20. The van der Waals surface area contributed by atoms with Gasteiger partial charge in [0.1, 0.15) is 12.7 Å². The quantitative estimate of drug-likeness (QED) is 0.0176. The highest BCUT2D eigenvalue weighted by Crippen LogP contribution is 2.43. The summed E-state index contributed by atoms with van der Waals surface area (Å²) in [6.07, 6.45) is 46.7. The number of esters is 2. The lowest BCUT2D eigenvalue weighted by Crippen LogP contribution is -2.29. The van der Waals surface area contributed by atoms with Crippen molar-refractivity contribution in [2.45, 2.75) is 212 Å². The molecule has 62 heavy (non-hydrogen) atoms. The Bertz CT molecular complexity index is 1290. The van der Waals surface area contributed by atoms with E-state index in [2.05, 4.69) is 69.4 Å². The van der Waals surface area contributed by atoms with Gasteiger partial charge in [-0.2, -0.15) is 0 Å². The number of phosphoric acid groups is 1. The second-order valence-electron chi connectivity index (χ2n) is 17.0. The van der Waals surface area contributed by atoms with E-state index in [0.29, 0.717) is 25.0 Å². The van der Waals surface area contributed by atoms with Gasteiger partial charge in [0.25, 0.3) is 0 Å². The Hall–Kier alpha value is -2.37. The molecule has 0 aromatic rings. The number of allylic oxidation sites excluding steroid dienone is 8. The zero-order valence-corrected chi connectivity index (χ0v) is 39.8. The van der Waals surface area contributed by atoms with E-state index in [1.54, 1.807) is 0 Å². The smallest absolute Gasteiger partial charge is 0.462 e. The van der Waals surface area contributed by atoms with E-state index >= 15 is 0 Å². The molecule has 358 valence electrons. The fourth-order valence-electron chi connectivity index (χ4n) is 6.72. The number of carbonyl (C=O) groups is 2. The molecule has 0 saturated carbocycles. The van der Waals surface area contributed by atoms with Crippen LogP contribution >= 0.6 is 7.82 Å². The number of ether oxygens (including phenoxy) is 3. The topological polar surface area (TPSA) is 161 Å². The van der Waals surface area contributed by atoms with Gasteiger partial charge < -0.3 is 29.3 Å². The maximum Gasteiger partial charge on any atom is 0.472 e. The fraction of sp³-hybridized carbons (Fsp3) is 0.760. The third kappa shape index (κ3) is 38.1. The average Bonchev–Trinajstić information content (AvgIpc) is 4.00. The molecule has 0 aliphatic carbocycles. The molecular weight excluding hydrogens is 808 g/mol. The van der Waals surface area contributed by atoms with Crippen LogP contribution in [-0.2, 0) is 37.4 Å². The van der Waals surface area contributed by atoms with E-state index in [1.165, 1.54) is 83.5 Å². The number of phosphoric ester groups is 1. The van der Waals surface area contributed by atoms with E-state index in [4.69, 9.17) is 28.4 Å². The van der Waals surface area contributed by atoms with Crippen molar-refractivity contribution < 1.29 is 52.5 Å². The molecule has 5 atom stereocenters. The van der Waals surface area contributed by atoms with E-state index in [0.717, 1.165) is 63.7 Å². The summed E-state index contributed by atoms with van der Waals surface area (Å²) in [7, 11) is -4.65. The van der Waals surface area contributed by atoms with E-state index in [1.807, 2.05) is 12.2 Å². The average molecular weight is 895 g/mol. The summed E-state index contributed by atoms with van der Waals surface area (Å²) in [5.74, 6) is -0.194. The number of aliphatic hydroxyl groups excluding tert-OH is 2. The number of rotatable bonds is 43. The number of hydrogen-bond donors (Lipinski definition) is 3. The first kappa shape index (κ1) is 57.6. The highest BCUT2D eigenvalue weighted by molar-refractivity contribution is 7.47. The van der Waals surface area contributed by atoms with Crippen LogP contribution in [0.5, 0.6) is 0 Å². The molecule has 0 bridgehead atoms. The van der Waals surface area contributed by atoms with Gasteiger partial charge in [0.05, 0.1) is 32.0 Å². The van der Waals surface area contributed by atoms with Crippen LogP contribution < -0.4 is 0 Å². The SMILES string of the molecule is CC/C=C\CC1OC1C/C=C\C/C=C\C/C=C\C/C=C\CCC(=O)O[C@H](COC(=O)CCCCCCCCCCCCCCCCCCC(C)C)COP(=O)(O)OC[C@@H](O)CO. The van der Waals surface area contributed by atoms with Crippen LogP contribution in [0.4, 0.5) is 0 Å². The normalized spacial score (nSPS) is 17.6. The van der Waals surface area contributed by atoms with Crippen LogP contribution in [0.3, 0.4) is 0 Å². The Morgan fingerprint density at radius 1 is 0.613 bits per heavy atom. The molecule has 0 aromatic carbocycles. The van der Waals surface area contributed by atoms with Crippen molar-refractivity contribution in [3.63, 3.8) is 0 Å². The third-order valence-corrected chi connectivity index (χ3v) is 11.5. The van der Waals surface area contributed by atoms with Crippen molar-refractivity contribution in [3.05, 3.63) is 60.8 Å². The summed E-state index contributed by atoms with van der Waals surface area (Å²) in [4.78, 5) is 35.1. The molecule has 1 heterocycles. The largest absolute Gasteiger partial charge is 0.472 e. The van der Waals surface area contributed by atoms with Crippen LogP contribution in [0.15, 0.2) is 60.8 Å². The van der Waals surface area contributed by atoms with Gasteiger partial charge in [-0.25, -0.2) is 4.57 Å². The number of epoxide rings is 1. The zero-order chi connectivity index (χ0) is 45.4. The van der Waals surface area contributed by atoms with Crippen LogP contribution in [0.1, 0.15) is 188 Å². The number of carbonyl (C=O) groups excluding carboxylic acids is 2. The van der Waals surface area contributed by atoms with Gasteiger partial charge in [0, 0.05) is 12.8 Å². The summed E-state index contributed by atoms with van der Waals surface area (Å²) in [6, 6.07) is 0. The van der Waals surface area contributed by atoms with Gasteiger partial charge in [0.15, 0.2) is 6.10 Å². The number of hydrogen-bond acceptors (Lipinski definition) is 10. The molecule has 11 nitrogen and oxygen atoms in total. The second-order valence-corrected chi connectivity index (χ2v) is 18.4. The molecule has 0 radical (unpaired) electrons. The molecule has 1 saturated heterocycles. The van der Waals surface area contributed by atoms with Crippen molar-refractivity contribution in [2.24, 2.45) is 5.92 Å². The van der Waals surface area contributed by atoms with Gasteiger partial charge in [-0.05, 0) is 57.3 Å². The molecule has 1 aliphatic rings. The minimum Gasteiger partial charge on any atom is -0.462 e. The first-order chi connectivity index (χ1) is 30.1. The molecule has 3 N–H and O–H groups in total. The maximum atomic E-state index is 12.6. The Labute approximate surface area is 376 Å². The van der Waals surface area contributed by atoms with Gasteiger partial charge in [0.2, 0.25) is 0 Å². The lowest BCUT2D eigenvalue weighted by atomic mass is 10.0. The van der Waals surface area contributed by atoms with Crippen molar-refractivity contribution >= 4 is 19.8 Å². The molecule has 0 amide bonds. The molecule has 0 aromatic heterocycles. The molecule has 1 rings (SSSR count). The Morgan fingerprint density at radius 2 is 1.08 bits per heavy atom.